The first-order valence-electron chi connectivity index (χ1n) is 21.7. The van der Waals surface area contributed by atoms with Gasteiger partial charge < -0.3 is 4.90 Å². The van der Waals surface area contributed by atoms with Gasteiger partial charge in [-0.2, -0.15) is 0 Å². The van der Waals surface area contributed by atoms with Crippen LogP contribution in [-0.2, 0) is 5.41 Å². The second-order valence-corrected chi connectivity index (χ2v) is 17.4. The van der Waals surface area contributed by atoms with Crippen LogP contribution in [0.5, 0.6) is 0 Å². The van der Waals surface area contributed by atoms with Gasteiger partial charge in [-0.3, -0.25) is 0 Å². The van der Waals surface area contributed by atoms with E-state index >= 15 is 0 Å². The summed E-state index contributed by atoms with van der Waals surface area (Å²) in [5.74, 6) is 0. The number of hydrogen-bond donors (Lipinski definition) is 0. The number of nitrogens with zero attached hydrogens (tertiary/aromatic N) is 1. The quantitative estimate of drug-likeness (QED) is 0.148. The lowest BCUT2D eigenvalue weighted by atomic mass is 9.67. The van der Waals surface area contributed by atoms with E-state index in [0.717, 1.165) is 17.1 Å². The fourth-order valence-corrected chi connectivity index (χ4v) is 11.4. The van der Waals surface area contributed by atoms with Crippen molar-refractivity contribution < 1.29 is 0 Å². The van der Waals surface area contributed by atoms with Gasteiger partial charge in [0.25, 0.3) is 0 Å². The van der Waals surface area contributed by atoms with Crippen molar-refractivity contribution in [2.75, 3.05) is 4.90 Å². The summed E-state index contributed by atoms with van der Waals surface area (Å²) in [5.41, 5.74) is 17.7. The molecule has 0 spiro atoms. The van der Waals surface area contributed by atoms with Gasteiger partial charge in [0.05, 0.1) is 11.1 Å². The standard InChI is InChI=1S/C61H41NS/c1-4-17-42(18-5-1)43-31-33-44(34-32-43)45-35-37-48(38-36-45)62(58-29-14-11-24-52(58)54-26-16-27-55-53-25-12-15-30-59(53)63-60(54)55)49-39-40-51-50-23-10-13-28-56(50)61(57(51)41-49,46-19-6-2-7-20-46)47-21-8-3-9-22-47/h1-41H. The maximum absolute atomic E-state index is 2.48. The summed E-state index contributed by atoms with van der Waals surface area (Å²) in [7, 11) is 0. The van der Waals surface area contributed by atoms with Gasteiger partial charge in [0, 0.05) is 42.7 Å². The number of para-hydroxylation sites is 1. The highest BCUT2D eigenvalue weighted by molar-refractivity contribution is 7.26. The first kappa shape index (κ1) is 37.0. The van der Waals surface area contributed by atoms with Gasteiger partial charge in [0.1, 0.15) is 0 Å². The van der Waals surface area contributed by atoms with Gasteiger partial charge in [-0.15, -0.1) is 11.3 Å². The number of anilines is 3. The molecule has 0 radical (unpaired) electrons. The predicted octanol–water partition coefficient (Wildman–Crippen LogP) is 16.9. The fourth-order valence-electron chi connectivity index (χ4n) is 10.1. The van der Waals surface area contributed by atoms with Crippen LogP contribution in [-0.4, -0.2) is 0 Å². The highest BCUT2D eigenvalue weighted by atomic mass is 32.1. The van der Waals surface area contributed by atoms with Crippen molar-refractivity contribution in [3.05, 3.63) is 271 Å². The number of hydrogen-bond acceptors (Lipinski definition) is 2. The lowest BCUT2D eigenvalue weighted by molar-refractivity contribution is 0.768. The Balaban J connectivity index is 1.07. The van der Waals surface area contributed by atoms with Gasteiger partial charge in [0.2, 0.25) is 0 Å². The zero-order valence-corrected chi connectivity index (χ0v) is 35.3. The molecule has 1 aliphatic rings. The minimum Gasteiger partial charge on any atom is -0.310 e. The molecule has 1 aliphatic carbocycles. The smallest absolute Gasteiger partial charge is 0.0714 e. The third-order valence-corrected chi connectivity index (χ3v) is 14.2. The molecule has 0 saturated heterocycles. The Hall–Kier alpha value is -7.78. The molecular formula is C61H41NS. The first-order chi connectivity index (χ1) is 31.3. The molecule has 10 aromatic carbocycles. The van der Waals surface area contributed by atoms with Crippen LogP contribution in [0.15, 0.2) is 249 Å². The summed E-state index contributed by atoms with van der Waals surface area (Å²) in [5, 5.41) is 2.60. The summed E-state index contributed by atoms with van der Waals surface area (Å²) in [6, 6.07) is 91.5. The molecule has 12 rings (SSSR count). The molecule has 0 amide bonds. The Bertz CT molecular complexity index is 3380. The SMILES string of the molecule is c1ccc(-c2ccc(-c3ccc(N(c4ccc5c(c4)C(c4ccccc4)(c4ccccc4)c4ccccc4-5)c4ccccc4-c4cccc5c4sc4ccccc45)cc3)cc2)cc1. The minimum absolute atomic E-state index is 0.520. The van der Waals surface area contributed by atoms with Crippen molar-refractivity contribution in [3.8, 4) is 44.5 Å². The molecule has 1 aromatic heterocycles. The normalized spacial score (nSPS) is 12.6. The van der Waals surface area contributed by atoms with Crippen LogP contribution in [0.25, 0.3) is 64.7 Å². The average molecular weight is 820 g/mol. The molecule has 1 nitrogen and oxygen atoms in total. The van der Waals surface area contributed by atoms with Crippen molar-refractivity contribution in [1.29, 1.82) is 0 Å². The fraction of sp³-hybridized carbons (Fsp3) is 0.0164. The van der Waals surface area contributed by atoms with E-state index in [1.807, 2.05) is 11.3 Å². The van der Waals surface area contributed by atoms with Crippen LogP contribution in [0.3, 0.4) is 0 Å². The van der Waals surface area contributed by atoms with Crippen molar-refractivity contribution >= 4 is 48.6 Å². The maximum Gasteiger partial charge on any atom is 0.0714 e. The van der Waals surface area contributed by atoms with Crippen molar-refractivity contribution in [3.63, 3.8) is 0 Å². The molecule has 0 fully saturated rings. The van der Waals surface area contributed by atoms with E-state index in [0.29, 0.717) is 0 Å². The van der Waals surface area contributed by atoms with Crippen LogP contribution in [0.4, 0.5) is 17.1 Å². The second kappa shape index (κ2) is 15.3. The molecule has 0 bridgehead atoms. The van der Waals surface area contributed by atoms with Gasteiger partial charge in [-0.25, -0.2) is 0 Å². The lowest BCUT2D eigenvalue weighted by Gasteiger charge is -2.35. The van der Waals surface area contributed by atoms with Crippen LogP contribution >= 0.6 is 11.3 Å². The lowest BCUT2D eigenvalue weighted by Crippen LogP contribution is -2.28. The molecule has 0 unspecified atom stereocenters. The molecule has 2 heteroatoms. The Morgan fingerprint density at radius 2 is 0.810 bits per heavy atom. The molecule has 0 atom stereocenters. The second-order valence-electron chi connectivity index (χ2n) is 16.4. The summed E-state index contributed by atoms with van der Waals surface area (Å²) in [6.45, 7) is 0. The summed E-state index contributed by atoms with van der Waals surface area (Å²) in [4.78, 5) is 2.48. The van der Waals surface area contributed by atoms with Crippen LogP contribution in [0.1, 0.15) is 22.3 Å². The third-order valence-electron chi connectivity index (χ3n) is 13.0. The van der Waals surface area contributed by atoms with E-state index in [1.54, 1.807) is 0 Å². The average Bonchev–Trinajstić information content (AvgIpc) is 3.89. The topological polar surface area (TPSA) is 3.24 Å². The highest BCUT2D eigenvalue weighted by Crippen LogP contribution is 2.57. The summed E-state index contributed by atoms with van der Waals surface area (Å²) in [6.07, 6.45) is 0. The van der Waals surface area contributed by atoms with E-state index in [9.17, 15) is 0 Å². The molecule has 11 aromatic rings. The molecule has 0 N–H and O–H groups in total. The number of rotatable bonds is 8. The summed E-state index contributed by atoms with van der Waals surface area (Å²) < 4.78 is 2.61. The largest absolute Gasteiger partial charge is 0.310 e. The number of benzene rings is 10. The van der Waals surface area contributed by atoms with E-state index in [1.165, 1.54) is 86.9 Å². The van der Waals surface area contributed by atoms with Crippen LogP contribution < -0.4 is 4.90 Å². The van der Waals surface area contributed by atoms with Gasteiger partial charge in [-0.1, -0.05) is 212 Å². The molecule has 0 saturated carbocycles. The molecule has 1 heterocycles. The number of thiophene rings is 1. The predicted molar refractivity (Wildman–Crippen MR) is 268 cm³/mol. The van der Waals surface area contributed by atoms with Gasteiger partial charge in [-0.05, 0) is 92.0 Å². The minimum atomic E-state index is -0.520. The van der Waals surface area contributed by atoms with E-state index in [2.05, 4.69) is 254 Å². The Labute approximate surface area is 372 Å². The highest BCUT2D eigenvalue weighted by Gasteiger charge is 2.46. The Morgan fingerprint density at radius 1 is 0.317 bits per heavy atom. The van der Waals surface area contributed by atoms with Crippen LogP contribution in [0.2, 0.25) is 0 Å². The molecule has 296 valence electrons. The van der Waals surface area contributed by atoms with E-state index in [4.69, 9.17) is 0 Å². The first-order valence-corrected chi connectivity index (χ1v) is 22.5. The van der Waals surface area contributed by atoms with Crippen molar-refractivity contribution in [1.82, 2.24) is 0 Å². The zero-order chi connectivity index (χ0) is 41.7. The monoisotopic (exact) mass is 819 g/mol. The molecule has 0 aliphatic heterocycles. The van der Waals surface area contributed by atoms with E-state index < -0.39 is 5.41 Å². The maximum atomic E-state index is 2.48. The van der Waals surface area contributed by atoms with Gasteiger partial charge >= 0.3 is 0 Å². The summed E-state index contributed by atoms with van der Waals surface area (Å²) >= 11 is 1.88. The zero-order valence-electron chi connectivity index (χ0n) is 34.5. The van der Waals surface area contributed by atoms with Crippen molar-refractivity contribution in [2.45, 2.75) is 5.41 Å². The molecule has 63 heavy (non-hydrogen) atoms. The Morgan fingerprint density at radius 3 is 1.51 bits per heavy atom. The number of fused-ring (bicyclic) bond motifs is 6. The van der Waals surface area contributed by atoms with Crippen molar-refractivity contribution in [2.24, 2.45) is 0 Å². The Kier molecular flexibility index (Phi) is 8.98. The van der Waals surface area contributed by atoms with Crippen LogP contribution in [0, 0.1) is 0 Å². The third kappa shape index (κ3) is 6.06. The molecular weight excluding hydrogens is 779 g/mol. The van der Waals surface area contributed by atoms with E-state index in [-0.39, 0.29) is 0 Å². The van der Waals surface area contributed by atoms with Gasteiger partial charge in [0.15, 0.2) is 0 Å².